The smallest absolute Gasteiger partial charge is 0.258 e. The lowest BCUT2D eigenvalue weighted by atomic mass is 10.2. The van der Waals surface area contributed by atoms with E-state index in [-0.39, 0.29) is 31.5 Å². The zero-order valence-electron chi connectivity index (χ0n) is 13.1. The number of rotatable bonds is 6. The topological polar surface area (TPSA) is 67.4 Å². The summed E-state index contributed by atoms with van der Waals surface area (Å²) in [6, 6.07) is 18.5. The van der Waals surface area contributed by atoms with E-state index in [0.717, 1.165) is 5.56 Å². The fourth-order valence-electron chi connectivity index (χ4n) is 1.77. The van der Waals surface area contributed by atoms with Gasteiger partial charge in [-0.05, 0) is 24.3 Å². The molecule has 2 amide bonds. The van der Waals surface area contributed by atoms with Crippen molar-refractivity contribution in [2.45, 2.75) is 0 Å². The number of para-hydroxylation sites is 1. The van der Waals surface area contributed by atoms with E-state index in [1.165, 1.54) is 0 Å². The Morgan fingerprint density at radius 2 is 1.54 bits per heavy atom. The number of carbonyl (C=O) groups excluding carboxylic acids is 2. The molecule has 0 fully saturated rings. The molecule has 0 aliphatic heterocycles. The third kappa shape index (κ3) is 6.67. The molecule has 0 aliphatic carbocycles. The zero-order chi connectivity index (χ0) is 17.0. The lowest BCUT2D eigenvalue weighted by Crippen LogP contribution is -2.39. The van der Waals surface area contributed by atoms with E-state index in [0.29, 0.717) is 5.75 Å². The minimum Gasteiger partial charge on any atom is -0.484 e. The first-order valence-electron chi connectivity index (χ1n) is 7.49. The average molecular weight is 322 g/mol. The molecule has 0 spiro atoms. The summed E-state index contributed by atoms with van der Waals surface area (Å²) in [6.45, 7) is -0.0147. The van der Waals surface area contributed by atoms with Crippen LogP contribution < -0.4 is 15.4 Å². The highest BCUT2D eigenvalue weighted by molar-refractivity contribution is 5.85. The van der Waals surface area contributed by atoms with Gasteiger partial charge in [-0.1, -0.05) is 48.2 Å². The summed E-state index contributed by atoms with van der Waals surface area (Å²) in [5.41, 5.74) is 0.887. The molecule has 0 radical (unpaired) electrons. The van der Waals surface area contributed by atoms with Crippen LogP contribution in [0.1, 0.15) is 5.56 Å². The molecule has 0 bridgehead atoms. The molecule has 2 aromatic carbocycles. The van der Waals surface area contributed by atoms with E-state index in [1.807, 2.05) is 48.5 Å². The Morgan fingerprint density at radius 1 is 0.875 bits per heavy atom. The van der Waals surface area contributed by atoms with Gasteiger partial charge in [-0.3, -0.25) is 9.59 Å². The Morgan fingerprint density at radius 3 is 2.25 bits per heavy atom. The summed E-state index contributed by atoms with van der Waals surface area (Å²) in [6.07, 6.45) is 0. The van der Waals surface area contributed by atoms with Gasteiger partial charge in [-0.15, -0.1) is 0 Å². The summed E-state index contributed by atoms with van der Waals surface area (Å²) in [5.74, 6) is 5.73. The number of amides is 2. The summed E-state index contributed by atoms with van der Waals surface area (Å²) >= 11 is 0. The van der Waals surface area contributed by atoms with Crippen LogP contribution in [0.5, 0.6) is 5.75 Å². The Balaban J connectivity index is 1.61. The van der Waals surface area contributed by atoms with Gasteiger partial charge in [-0.2, -0.15) is 0 Å². The number of ether oxygens (including phenoxy) is 1. The number of hydrogen-bond donors (Lipinski definition) is 2. The van der Waals surface area contributed by atoms with E-state index < -0.39 is 0 Å². The highest BCUT2D eigenvalue weighted by Gasteiger charge is 2.05. The predicted octanol–water partition coefficient (Wildman–Crippen LogP) is 1.35. The molecular weight excluding hydrogens is 304 g/mol. The third-order valence-electron chi connectivity index (χ3n) is 2.94. The van der Waals surface area contributed by atoms with Crippen LogP contribution in [0.4, 0.5) is 0 Å². The van der Waals surface area contributed by atoms with E-state index in [9.17, 15) is 9.59 Å². The number of nitrogens with one attached hydrogen (secondary N) is 2. The maximum absolute atomic E-state index is 11.6. The lowest BCUT2D eigenvalue weighted by Gasteiger charge is -2.07. The molecule has 0 saturated heterocycles. The molecule has 24 heavy (non-hydrogen) atoms. The minimum atomic E-state index is -0.357. The number of carbonyl (C=O) groups is 2. The van der Waals surface area contributed by atoms with Crippen molar-refractivity contribution in [3.8, 4) is 17.6 Å². The first kappa shape index (κ1) is 17.1. The van der Waals surface area contributed by atoms with Crippen molar-refractivity contribution in [3.05, 3.63) is 66.2 Å². The molecule has 5 nitrogen and oxygen atoms in total. The molecule has 2 aromatic rings. The Bertz CT molecular complexity index is 719. The van der Waals surface area contributed by atoms with Crippen molar-refractivity contribution in [2.75, 3.05) is 19.7 Å². The second-order valence-electron chi connectivity index (χ2n) is 4.82. The van der Waals surface area contributed by atoms with Gasteiger partial charge in [0.2, 0.25) is 5.91 Å². The first-order chi connectivity index (χ1) is 11.7. The molecule has 0 aliphatic rings. The maximum Gasteiger partial charge on any atom is 0.258 e. The van der Waals surface area contributed by atoms with Crippen molar-refractivity contribution in [1.82, 2.24) is 10.6 Å². The highest BCUT2D eigenvalue weighted by Crippen LogP contribution is 2.07. The Kier molecular flexibility index (Phi) is 6.91. The molecule has 0 heterocycles. The van der Waals surface area contributed by atoms with E-state index >= 15 is 0 Å². The van der Waals surface area contributed by atoms with Gasteiger partial charge in [0.15, 0.2) is 6.61 Å². The van der Waals surface area contributed by atoms with Gasteiger partial charge in [-0.25, -0.2) is 0 Å². The monoisotopic (exact) mass is 322 g/mol. The van der Waals surface area contributed by atoms with E-state index in [1.54, 1.807) is 12.1 Å². The van der Waals surface area contributed by atoms with Crippen molar-refractivity contribution < 1.29 is 14.3 Å². The number of benzene rings is 2. The molecule has 2 rings (SSSR count). The fourth-order valence-corrected chi connectivity index (χ4v) is 1.77. The summed E-state index contributed by atoms with van der Waals surface area (Å²) in [4.78, 5) is 23.2. The van der Waals surface area contributed by atoms with Crippen molar-refractivity contribution in [1.29, 1.82) is 0 Å². The molecule has 122 valence electrons. The standard InChI is InChI=1S/C19H18N2O3/c22-18(20-13-7-10-16-8-3-1-4-9-16)14-21-19(23)15-24-17-11-5-2-6-12-17/h1-6,8-9,11-12H,13-15H2,(H,20,22)(H,21,23). The average Bonchev–Trinajstić information content (AvgIpc) is 2.63. The highest BCUT2D eigenvalue weighted by atomic mass is 16.5. The molecule has 0 atom stereocenters. The number of hydrogen-bond acceptors (Lipinski definition) is 3. The predicted molar refractivity (Wildman–Crippen MR) is 91.3 cm³/mol. The van der Waals surface area contributed by atoms with Gasteiger partial charge in [0.1, 0.15) is 5.75 Å². The van der Waals surface area contributed by atoms with Crippen molar-refractivity contribution in [2.24, 2.45) is 0 Å². The van der Waals surface area contributed by atoms with Gasteiger partial charge in [0.25, 0.3) is 5.91 Å². The Labute approximate surface area is 141 Å². The van der Waals surface area contributed by atoms with Crippen LogP contribution in [-0.2, 0) is 9.59 Å². The van der Waals surface area contributed by atoms with Gasteiger partial charge in [0.05, 0.1) is 13.1 Å². The van der Waals surface area contributed by atoms with Gasteiger partial charge in [0, 0.05) is 5.56 Å². The minimum absolute atomic E-state index is 0.107. The quantitative estimate of drug-likeness (QED) is 0.789. The van der Waals surface area contributed by atoms with Crippen LogP contribution >= 0.6 is 0 Å². The molecule has 2 N–H and O–H groups in total. The lowest BCUT2D eigenvalue weighted by molar-refractivity contribution is -0.127. The maximum atomic E-state index is 11.6. The normalized spacial score (nSPS) is 9.33. The van der Waals surface area contributed by atoms with Crippen molar-refractivity contribution >= 4 is 11.8 Å². The molecule has 5 heteroatoms. The molecular formula is C19H18N2O3. The largest absolute Gasteiger partial charge is 0.484 e. The van der Waals surface area contributed by atoms with Crippen LogP contribution in [0.3, 0.4) is 0 Å². The molecule has 0 saturated carbocycles. The summed E-state index contributed by atoms with van der Waals surface area (Å²) < 4.78 is 5.28. The zero-order valence-corrected chi connectivity index (χ0v) is 13.1. The Hall–Kier alpha value is -3.26. The second-order valence-corrected chi connectivity index (χ2v) is 4.82. The van der Waals surface area contributed by atoms with E-state index in [2.05, 4.69) is 22.5 Å². The van der Waals surface area contributed by atoms with Crippen LogP contribution in [0, 0.1) is 11.8 Å². The van der Waals surface area contributed by atoms with Crippen LogP contribution in [0.25, 0.3) is 0 Å². The van der Waals surface area contributed by atoms with Crippen LogP contribution in [-0.4, -0.2) is 31.5 Å². The van der Waals surface area contributed by atoms with Crippen LogP contribution in [0.2, 0.25) is 0 Å². The van der Waals surface area contributed by atoms with Crippen LogP contribution in [0.15, 0.2) is 60.7 Å². The van der Waals surface area contributed by atoms with Gasteiger partial charge >= 0.3 is 0 Å². The summed E-state index contributed by atoms with van der Waals surface area (Å²) in [7, 11) is 0. The van der Waals surface area contributed by atoms with Crippen molar-refractivity contribution in [3.63, 3.8) is 0 Å². The summed E-state index contributed by atoms with van der Waals surface area (Å²) in [5, 5.41) is 5.10. The third-order valence-corrected chi connectivity index (χ3v) is 2.94. The molecule has 0 unspecified atom stereocenters. The van der Waals surface area contributed by atoms with E-state index in [4.69, 9.17) is 4.74 Å². The van der Waals surface area contributed by atoms with Gasteiger partial charge < -0.3 is 15.4 Å². The molecule has 0 aromatic heterocycles. The second kappa shape index (κ2) is 9.70. The SMILES string of the molecule is O=C(CNC(=O)COc1ccccc1)NCC#Cc1ccccc1. The first-order valence-corrected chi connectivity index (χ1v) is 7.49. The fraction of sp³-hybridized carbons (Fsp3) is 0.158.